The summed E-state index contributed by atoms with van der Waals surface area (Å²) in [4.78, 5) is 12.3. The summed E-state index contributed by atoms with van der Waals surface area (Å²) in [6, 6.07) is 5.21. The van der Waals surface area contributed by atoms with Gasteiger partial charge in [-0.25, -0.2) is 0 Å². The molecule has 1 aromatic carbocycles. The van der Waals surface area contributed by atoms with Crippen LogP contribution in [-0.4, -0.2) is 18.6 Å². The summed E-state index contributed by atoms with van der Waals surface area (Å²) in [5.74, 6) is 0.318. The Morgan fingerprint density at radius 2 is 2.00 bits per heavy atom. The van der Waals surface area contributed by atoms with Crippen molar-refractivity contribution >= 4 is 11.6 Å². The van der Waals surface area contributed by atoms with E-state index in [1.165, 1.54) is 7.11 Å². The third-order valence-corrected chi connectivity index (χ3v) is 3.48. The van der Waals surface area contributed by atoms with E-state index < -0.39 is 0 Å². The van der Waals surface area contributed by atoms with Crippen LogP contribution in [0.5, 0.6) is 5.75 Å². The monoisotopic (exact) mass is 250 g/mol. The summed E-state index contributed by atoms with van der Waals surface area (Å²) in [5.41, 5.74) is 6.48. The van der Waals surface area contributed by atoms with Crippen molar-refractivity contribution in [2.24, 2.45) is 0 Å². The molecule has 0 spiro atoms. The Morgan fingerprint density at radius 1 is 1.39 bits per heavy atom. The second kappa shape index (κ2) is 5.76. The lowest BCUT2D eigenvalue weighted by Crippen LogP contribution is -2.45. The minimum Gasteiger partial charge on any atom is -0.496 e. The molecule has 0 aliphatic heterocycles. The number of anilines is 1. The summed E-state index contributed by atoms with van der Waals surface area (Å²) < 4.78 is 5.19. The van der Waals surface area contributed by atoms with Gasteiger partial charge in [-0.2, -0.15) is 0 Å². The highest BCUT2D eigenvalue weighted by Gasteiger charge is 2.25. The van der Waals surface area contributed by atoms with Crippen molar-refractivity contribution in [1.29, 1.82) is 0 Å². The first-order chi connectivity index (χ1) is 8.47. The molecule has 0 radical (unpaired) electrons. The summed E-state index contributed by atoms with van der Waals surface area (Å²) in [7, 11) is 1.53. The van der Waals surface area contributed by atoms with Gasteiger partial charge in [-0.1, -0.05) is 19.9 Å². The number of nitrogen functional groups attached to an aromatic ring is 1. The Bertz CT molecular complexity index is 426. The molecule has 0 atom stereocenters. The van der Waals surface area contributed by atoms with Gasteiger partial charge in [0.05, 0.1) is 7.11 Å². The predicted octanol–water partition coefficient (Wildman–Crippen LogP) is 2.59. The molecule has 0 saturated carbocycles. The van der Waals surface area contributed by atoms with Crippen LogP contribution in [0.1, 0.15) is 44.0 Å². The minimum absolute atomic E-state index is 0.184. The molecule has 0 heterocycles. The third-order valence-electron chi connectivity index (χ3n) is 3.48. The molecule has 0 aliphatic carbocycles. The van der Waals surface area contributed by atoms with Crippen LogP contribution in [0.25, 0.3) is 0 Å². The summed E-state index contributed by atoms with van der Waals surface area (Å²) in [6.07, 6.45) is 1.73. The topological polar surface area (TPSA) is 64.4 Å². The lowest BCUT2D eigenvalue weighted by molar-refractivity contribution is 0.0899. The zero-order valence-electron chi connectivity index (χ0n) is 11.5. The molecule has 1 amide bonds. The van der Waals surface area contributed by atoms with Crippen molar-refractivity contribution in [3.8, 4) is 5.75 Å². The Labute approximate surface area is 109 Å². The molecule has 3 N–H and O–H groups in total. The van der Waals surface area contributed by atoms with Crippen molar-refractivity contribution < 1.29 is 9.53 Å². The largest absolute Gasteiger partial charge is 0.496 e. The smallest absolute Gasteiger partial charge is 0.257 e. The van der Waals surface area contributed by atoms with E-state index in [0.29, 0.717) is 17.0 Å². The molecule has 0 unspecified atom stereocenters. The summed E-state index contributed by atoms with van der Waals surface area (Å²) in [6.45, 7) is 6.13. The van der Waals surface area contributed by atoms with Crippen LogP contribution in [0.2, 0.25) is 0 Å². The number of carbonyl (C=O) groups is 1. The number of rotatable bonds is 5. The number of carbonyl (C=O) groups excluding carboxylic acids is 1. The number of methoxy groups -OCH3 is 1. The van der Waals surface area contributed by atoms with E-state index in [9.17, 15) is 4.79 Å². The van der Waals surface area contributed by atoms with Gasteiger partial charge in [0.25, 0.3) is 5.91 Å². The minimum atomic E-state index is -0.218. The van der Waals surface area contributed by atoms with E-state index in [4.69, 9.17) is 10.5 Å². The zero-order valence-corrected chi connectivity index (χ0v) is 11.5. The van der Waals surface area contributed by atoms with Crippen LogP contribution >= 0.6 is 0 Å². The maximum absolute atomic E-state index is 12.3. The van der Waals surface area contributed by atoms with Crippen LogP contribution in [0.3, 0.4) is 0 Å². The van der Waals surface area contributed by atoms with Gasteiger partial charge in [-0.05, 0) is 31.9 Å². The first-order valence-corrected chi connectivity index (χ1v) is 6.22. The maximum Gasteiger partial charge on any atom is 0.257 e. The average molecular weight is 250 g/mol. The van der Waals surface area contributed by atoms with E-state index >= 15 is 0 Å². The predicted molar refractivity (Wildman–Crippen MR) is 73.9 cm³/mol. The van der Waals surface area contributed by atoms with Crippen LogP contribution in [0.4, 0.5) is 5.69 Å². The highest BCUT2D eigenvalue weighted by molar-refractivity contribution is 6.02. The molecule has 0 fully saturated rings. The van der Waals surface area contributed by atoms with Crippen LogP contribution < -0.4 is 15.8 Å². The molecule has 4 heteroatoms. The van der Waals surface area contributed by atoms with E-state index in [2.05, 4.69) is 19.2 Å². The van der Waals surface area contributed by atoms with Crippen LogP contribution in [-0.2, 0) is 0 Å². The van der Waals surface area contributed by atoms with Gasteiger partial charge in [-0.15, -0.1) is 0 Å². The third kappa shape index (κ3) is 2.94. The van der Waals surface area contributed by atoms with E-state index in [1.54, 1.807) is 18.2 Å². The molecule has 1 rings (SSSR count). The lowest BCUT2D eigenvalue weighted by atomic mass is 9.95. The van der Waals surface area contributed by atoms with Crippen molar-refractivity contribution in [3.05, 3.63) is 23.8 Å². The Hall–Kier alpha value is -1.71. The van der Waals surface area contributed by atoms with Gasteiger partial charge >= 0.3 is 0 Å². The first kappa shape index (κ1) is 14.4. The highest BCUT2D eigenvalue weighted by Crippen LogP contribution is 2.25. The molecule has 0 bridgehead atoms. The van der Waals surface area contributed by atoms with E-state index in [-0.39, 0.29) is 11.4 Å². The number of nitrogens with one attached hydrogen (secondary N) is 1. The Morgan fingerprint density at radius 3 is 2.50 bits per heavy atom. The first-order valence-electron chi connectivity index (χ1n) is 6.22. The number of amides is 1. The van der Waals surface area contributed by atoms with Gasteiger partial charge in [-0.3, -0.25) is 4.79 Å². The second-order valence-electron chi connectivity index (χ2n) is 4.65. The summed E-state index contributed by atoms with van der Waals surface area (Å²) in [5, 5.41) is 3.03. The second-order valence-corrected chi connectivity index (χ2v) is 4.65. The number of hydrogen-bond donors (Lipinski definition) is 2. The average Bonchev–Trinajstić information content (AvgIpc) is 2.37. The van der Waals surface area contributed by atoms with Gasteiger partial charge < -0.3 is 15.8 Å². The molecular formula is C14H22N2O2. The Balaban J connectivity index is 3.04. The lowest BCUT2D eigenvalue weighted by Gasteiger charge is -2.28. The molecule has 100 valence electrons. The van der Waals surface area contributed by atoms with Gasteiger partial charge in [0.2, 0.25) is 0 Å². The number of ether oxygens (including phenoxy) is 1. The Kier molecular flexibility index (Phi) is 4.59. The van der Waals surface area contributed by atoms with Crippen molar-refractivity contribution in [2.45, 2.75) is 39.2 Å². The fourth-order valence-electron chi connectivity index (χ4n) is 1.72. The fraction of sp³-hybridized carbons (Fsp3) is 0.500. The molecule has 4 nitrogen and oxygen atoms in total. The van der Waals surface area contributed by atoms with Gasteiger partial charge in [0, 0.05) is 11.2 Å². The molecule has 1 aromatic rings. The van der Waals surface area contributed by atoms with Crippen molar-refractivity contribution in [3.63, 3.8) is 0 Å². The quantitative estimate of drug-likeness (QED) is 0.789. The number of nitrogens with two attached hydrogens (primary N) is 1. The standard InChI is InChI=1S/C14H22N2O2/c1-5-14(3,6-2)16-13(17)12-10(15)8-7-9-11(12)18-4/h7-9H,5-6,15H2,1-4H3,(H,16,17). The van der Waals surface area contributed by atoms with Gasteiger partial charge in [0.1, 0.15) is 11.3 Å². The number of benzene rings is 1. The normalized spacial score (nSPS) is 11.1. The summed E-state index contributed by atoms with van der Waals surface area (Å²) >= 11 is 0. The number of hydrogen-bond acceptors (Lipinski definition) is 3. The van der Waals surface area contributed by atoms with Crippen molar-refractivity contribution in [1.82, 2.24) is 5.32 Å². The van der Waals surface area contributed by atoms with E-state index in [1.807, 2.05) is 6.92 Å². The van der Waals surface area contributed by atoms with Crippen LogP contribution in [0.15, 0.2) is 18.2 Å². The molecular weight excluding hydrogens is 228 g/mol. The molecule has 0 aromatic heterocycles. The van der Waals surface area contributed by atoms with Gasteiger partial charge in [0.15, 0.2) is 0 Å². The highest BCUT2D eigenvalue weighted by atomic mass is 16.5. The van der Waals surface area contributed by atoms with Crippen LogP contribution in [0, 0.1) is 0 Å². The molecule has 0 aliphatic rings. The SMILES string of the molecule is CCC(C)(CC)NC(=O)c1c(N)cccc1OC. The van der Waals surface area contributed by atoms with Crippen molar-refractivity contribution in [2.75, 3.05) is 12.8 Å². The maximum atomic E-state index is 12.3. The zero-order chi connectivity index (χ0) is 13.8. The molecule has 0 saturated heterocycles. The fourth-order valence-corrected chi connectivity index (χ4v) is 1.72. The van der Waals surface area contributed by atoms with E-state index in [0.717, 1.165) is 12.8 Å². The molecule has 18 heavy (non-hydrogen) atoms.